The molecule has 0 aromatic heterocycles. The lowest BCUT2D eigenvalue weighted by atomic mass is 10.1. The van der Waals surface area contributed by atoms with Gasteiger partial charge >= 0.3 is 12.0 Å². The Hall–Kier alpha value is -1.79. The predicted molar refractivity (Wildman–Crippen MR) is 79.6 cm³/mol. The fourth-order valence-corrected chi connectivity index (χ4v) is 1.91. The van der Waals surface area contributed by atoms with E-state index in [2.05, 4.69) is 5.32 Å². The van der Waals surface area contributed by atoms with Gasteiger partial charge in [-0.05, 0) is 18.3 Å². The normalized spacial score (nSPS) is 12.3. The zero-order chi connectivity index (χ0) is 16.6. The molecule has 0 rings (SSSR count). The van der Waals surface area contributed by atoms with Crippen LogP contribution >= 0.6 is 0 Å². The fraction of sp³-hybridized carbons (Fsp3) is 0.786. The molecule has 0 aliphatic carbocycles. The number of hydrogen-bond donors (Lipinski definition) is 3. The molecule has 122 valence electrons. The molecule has 0 aromatic rings. The number of amides is 3. The summed E-state index contributed by atoms with van der Waals surface area (Å²) in [5.41, 5.74) is 5.01. The van der Waals surface area contributed by atoms with E-state index in [1.807, 2.05) is 27.7 Å². The zero-order valence-corrected chi connectivity index (χ0v) is 13.3. The highest BCUT2D eigenvalue weighted by Crippen LogP contribution is 2.06. The maximum atomic E-state index is 12.2. The van der Waals surface area contributed by atoms with Crippen molar-refractivity contribution in [2.75, 3.05) is 13.1 Å². The molecule has 0 aliphatic rings. The highest BCUT2D eigenvalue weighted by Gasteiger charge is 2.24. The maximum Gasteiger partial charge on any atom is 0.326 e. The molecule has 0 saturated carbocycles. The van der Waals surface area contributed by atoms with Crippen LogP contribution in [-0.2, 0) is 9.59 Å². The first kappa shape index (κ1) is 19.2. The van der Waals surface area contributed by atoms with Gasteiger partial charge in [-0.1, -0.05) is 27.7 Å². The summed E-state index contributed by atoms with van der Waals surface area (Å²) >= 11 is 0. The van der Waals surface area contributed by atoms with Crippen LogP contribution in [0.1, 0.15) is 40.5 Å². The number of rotatable bonds is 9. The van der Waals surface area contributed by atoms with Gasteiger partial charge in [0.05, 0.1) is 0 Å². The van der Waals surface area contributed by atoms with Gasteiger partial charge in [0.1, 0.15) is 6.04 Å². The minimum absolute atomic E-state index is 0.00635. The highest BCUT2D eigenvalue weighted by molar-refractivity contribution is 5.83. The number of urea groups is 1. The van der Waals surface area contributed by atoms with Gasteiger partial charge in [0.15, 0.2) is 0 Å². The Kier molecular flexibility index (Phi) is 8.42. The molecular weight excluding hydrogens is 274 g/mol. The van der Waals surface area contributed by atoms with Crippen LogP contribution in [0.3, 0.4) is 0 Å². The highest BCUT2D eigenvalue weighted by atomic mass is 16.4. The van der Waals surface area contributed by atoms with Crippen LogP contribution in [0.2, 0.25) is 0 Å². The zero-order valence-electron chi connectivity index (χ0n) is 13.3. The number of aliphatic carboxylic acids is 1. The number of primary amides is 1. The van der Waals surface area contributed by atoms with Gasteiger partial charge < -0.3 is 21.1 Å². The molecule has 1 atom stereocenters. The molecule has 0 bridgehead atoms. The van der Waals surface area contributed by atoms with E-state index >= 15 is 0 Å². The van der Waals surface area contributed by atoms with Gasteiger partial charge in [0.25, 0.3) is 0 Å². The summed E-state index contributed by atoms with van der Waals surface area (Å²) in [4.78, 5) is 35.7. The van der Waals surface area contributed by atoms with Crippen LogP contribution in [0.4, 0.5) is 4.79 Å². The number of carboxylic acids is 1. The van der Waals surface area contributed by atoms with E-state index in [4.69, 9.17) is 10.8 Å². The minimum Gasteiger partial charge on any atom is -0.480 e. The van der Waals surface area contributed by atoms with Gasteiger partial charge in [-0.15, -0.1) is 0 Å². The monoisotopic (exact) mass is 301 g/mol. The third kappa shape index (κ3) is 8.88. The summed E-state index contributed by atoms with van der Waals surface area (Å²) in [6.45, 7) is 9.05. The summed E-state index contributed by atoms with van der Waals surface area (Å²) in [6.07, 6.45) is -0.0841. The van der Waals surface area contributed by atoms with Crippen molar-refractivity contribution in [2.24, 2.45) is 17.6 Å². The van der Waals surface area contributed by atoms with Crippen molar-refractivity contribution in [3.63, 3.8) is 0 Å². The van der Waals surface area contributed by atoms with Crippen LogP contribution in [0, 0.1) is 11.8 Å². The summed E-state index contributed by atoms with van der Waals surface area (Å²) in [7, 11) is 0. The van der Waals surface area contributed by atoms with E-state index < -0.39 is 23.9 Å². The summed E-state index contributed by atoms with van der Waals surface area (Å²) in [6, 6.07) is -1.53. The molecule has 0 radical (unpaired) electrons. The molecular formula is C14H27N3O4. The Morgan fingerprint density at radius 1 is 1.10 bits per heavy atom. The molecule has 0 unspecified atom stereocenters. The van der Waals surface area contributed by atoms with Crippen LogP contribution in [-0.4, -0.2) is 47.0 Å². The molecule has 0 aromatic carbocycles. The second-order valence-electron chi connectivity index (χ2n) is 6.04. The van der Waals surface area contributed by atoms with Crippen molar-refractivity contribution >= 4 is 17.9 Å². The van der Waals surface area contributed by atoms with Crippen molar-refractivity contribution < 1.29 is 19.5 Å². The second-order valence-corrected chi connectivity index (χ2v) is 6.04. The number of nitrogens with two attached hydrogens (primary N) is 1. The summed E-state index contributed by atoms with van der Waals surface area (Å²) in [5.74, 6) is -1.19. The molecule has 0 fully saturated rings. The molecule has 4 N–H and O–H groups in total. The molecule has 0 saturated heterocycles. The first-order chi connectivity index (χ1) is 9.63. The lowest BCUT2D eigenvalue weighted by Gasteiger charge is -2.28. The predicted octanol–water partition coefficient (Wildman–Crippen LogP) is 1.03. The molecule has 21 heavy (non-hydrogen) atoms. The van der Waals surface area contributed by atoms with Gasteiger partial charge in [-0.25, -0.2) is 9.59 Å². The number of nitrogens with zero attached hydrogens (tertiary/aromatic N) is 1. The Balaban J connectivity index is 4.73. The molecule has 7 nitrogen and oxygen atoms in total. The van der Waals surface area contributed by atoms with E-state index in [1.165, 1.54) is 0 Å². The van der Waals surface area contributed by atoms with E-state index in [-0.39, 0.29) is 24.7 Å². The van der Waals surface area contributed by atoms with Gasteiger partial charge in [-0.3, -0.25) is 4.79 Å². The number of nitrogens with one attached hydrogen (secondary N) is 1. The lowest BCUT2D eigenvalue weighted by Crippen LogP contribution is -2.50. The van der Waals surface area contributed by atoms with E-state index in [0.29, 0.717) is 13.1 Å². The second kappa shape index (κ2) is 9.20. The maximum absolute atomic E-state index is 12.2. The van der Waals surface area contributed by atoms with Crippen LogP contribution in [0.25, 0.3) is 0 Å². The standard InChI is InChI=1S/C14H27N3O4/c1-9(2)7-17(8-10(3)4)14(21)16-11(13(19)20)5-6-12(15)18/h9-11H,5-8H2,1-4H3,(H2,15,18)(H,16,21)(H,19,20)/t11-/m1/s1. The Bertz CT molecular complexity index is 359. The van der Waals surface area contributed by atoms with Gasteiger partial charge in [0, 0.05) is 19.5 Å². The third-order valence-corrected chi connectivity index (χ3v) is 2.73. The fourth-order valence-electron chi connectivity index (χ4n) is 1.91. The van der Waals surface area contributed by atoms with E-state index in [9.17, 15) is 14.4 Å². The number of hydrogen-bond acceptors (Lipinski definition) is 3. The minimum atomic E-state index is -1.17. The number of carbonyl (C=O) groups excluding carboxylic acids is 2. The average Bonchev–Trinajstić information content (AvgIpc) is 2.31. The molecule has 0 heterocycles. The largest absolute Gasteiger partial charge is 0.480 e. The smallest absolute Gasteiger partial charge is 0.326 e. The van der Waals surface area contributed by atoms with Crippen LogP contribution in [0.5, 0.6) is 0 Å². The summed E-state index contributed by atoms with van der Waals surface area (Å²) in [5, 5.41) is 11.6. The van der Waals surface area contributed by atoms with Crippen LogP contribution in [0.15, 0.2) is 0 Å². The topological polar surface area (TPSA) is 113 Å². The van der Waals surface area contributed by atoms with Crippen molar-refractivity contribution in [1.29, 1.82) is 0 Å². The Morgan fingerprint density at radius 3 is 1.90 bits per heavy atom. The first-order valence-corrected chi connectivity index (χ1v) is 7.20. The van der Waals surface area contributed by atoms with Crippen molar-refractivity contribution in [2.45, 2.75) is 46.6 Å². The first-order valence-electron chi connectivity index (χ1n) is 7.20. The van der Waals surface area contributed by atoms with Crippen molar-refractivity contribution in [3.8, 4) is 0 Å². The third-order valence-electron chi connectivity index (χ3n) is 2.73. The quantitative estimate of drug-likeness (QED) is 0.590. The molecule has 7 heteroatoms. The summed E-state index contributed by atoms with van der Waals surface area (Å²) < 4.78 is 0. The Morgan fingerprint density at radius 2 is 1.57 bits per heavy atom. The van der Waals surface area contributed by atoms with E-state index in [1.54, 1.807) is 4.90 Å². The van der Waals surface area contributed by atoms with Gasteiger partial charge in [-0.2, -0.15) is 0 Å². The Labute approximate surface area is 125 Å². The molecule has 0 spiro atoms. The SMILES string of the molecule is CC(C)CN(CC(C)C)C(=O)N[C@H](CCC(N)=O)C(=O)O. The van der Waals surface area contributed by atoms with Crippen molar-refractivity contribution in [1.82, 2.24) is 10.2 Å². The average molecular weight is 301 g/mol. The lowest BCUT2D eigenvalue weighted by molar-refractivity contribution is -0.139. The van der Waals surface area contributed by atoms with Gasteiger partial charge in [0.2, 0.25) is 5.91 Å². The molecule has 0 aliphatic heterocycles. The number of carboxylic acid groups (broad SMARTS) is 1. The molecule has 3 amide bonds. The van der Waals surface area contributed by atoms with E-state index in [0.717, 1.165) is 0 Å². The van der Waals surface area contributed by atoms with Crippen molar-refractivity contribution in [3.05, 3.63) is 0 Å². The number of carbonyl (C=O) groups is 3. The van der Waals surface area contributed by atoms with Crippen LogP contribution < -0.4 is 11.1 Å².